The quantitative estimate of drug-likeness (QED) is 0.553. The molecule has 164 valence electrons. The number of nitrogens with two attached hydrogens (primary N) is 1. The maximum absolute atomic E-state index is 12.0. The third-order valence-corrected chi connectivity index (χ3v) is 5.16. The molecule has 2 aromatic heterocycles. The summed E-state index contributed by atoms with van der Waals surface area (Å²) < 4.78 is 17.9. The highest BCUT2D eigenvalue weighted by Crippen LogP contribution is 2.43. The Morgan fingerprint density at radius 3 is 2.77 bits per heavy atom. The zero-order valence-corrected chi connectivity index (χ0v) is 17.0. The molecule has 4 rings (SSSR count). The van der Waals surface area contributed by atoms with E-state index in [1.165, 1.54) is 37.7 Å². The van der Waals surface area contributed by atoms with Gasteiger partial charge in [-0.05, 0) is 6.92 Å². The van der Waals surface area contributed by atoms with Crippen molar-refractivity contribution in [3.8, 4) is 0 Å². The van der Waals surface area contributed by atoms with Gasteiger partial charge < -0.3 is 34.9 Å². The van der Waals surface area contributed by atoms with Crippen LogP contribution in [0.1, 0.15) is 32.6 Å². The summed E-state index contributed by atoms with van der Waals surface area (Å²) in [6.07, 6.45) is 0.905. The van der Waals surface area contributed by atoms with Gasteiger partial charge in [0.05, 0.1) is 5.39 Å². The fourth-order valence-corrected chi connectivity index (χ4v) is 3.89. The van der Waals surface area contributed by atoms with Gasteiger partial charge in [0.15, 0.2) is 12.3 Å². The average molecular weight is 431 g/mol. The molecule has 1 unspecified atom stereocenters. The summed E-state index contributed by atoms with van der Waals surface area (Å²) in [6.45, 7) is 3.65. The molecule has 0 spiro atoms. The summed E-state index contributed by atoms with van der Waals surface area (Å²) in [5.41, 5.74) is 5.33. The fourth-order valence-electron chi connectivity index (χ4n) is 3.89. The SMILES string of the molecule is CC(=O)OC[C@H]1O[C@@H](n2cc3c4c(ncnc42)NC(=O)C=C3N)C(C)(O)[C@@H]1OC(C)=O. The number of aromatic nitrogens is 3. The van der Waals surface area contributed by atoms with Gasteiger partial charge in [0.1, 0.15) is 36.1 Å². The smallest absolute Gasteiger partial charge is 0.303 e. The Morgan fingerprint density at radius 1 is 1.35 bits per heavy atom. The van der Waals surface area contributed by atoms with Crippen molar-refractivity contribution in [2.45, 2.75) is 44.8 Å². The molecule has 1 fully saturated rings. The molecule has 0 bridgehead atoms. The maximum Gasteiger partial charge on any atom is 0.303 e. The van der Waals surface area contributed by atoms with Crippen molar-refractivity contribution >= 4 is 40.4 Å². The number of anilines is 1. The molecule has 4 N–H and O–H groups in total. The van der Waals surface area contributed by atoms with Crippen molar-refractivity contribution in [3.05, 3.63) is 24.2 Å². The van der Waals surface area contributed by atoms with Gasteiger partial charge in [-0.1, -0.05) is 0 Å². The van der Waals surface area contributed by atoms with Crippen LogP contribution in [-0.4, -0.2) is 61.9 Å². The highest BCUT2D eigenvalue weighted by molar-refractivity contribution is 6.13. The maximum atomic E-state index is 12.0. The minimum Gasteiger partial charge on any atom is -0.463 e. The van der Waals surface area contributed by atoms with Crippen LogP contribution in [0.4, 0.5) is 5.82 Å². The van der Waals surface area contributed by atoms with E-state index in [-0.39, 0.29) is 18.1 Å². The molecule has 1 amide bonds. The highest BCUT2D eigenvalue weighted by atomic mass is 16.6. The molecule has 4 atom stereocenters. The molecule has 2 aliphatic rings. The van der Waals surface area contributed by atoms with Crippen LogP contribution in [0.5, 0.6) is 0 Å². The van der Waals surface area contributed by atoms with E-state index in [4.69, 9.17) is 19.9 Å². The minimum atomic E-state index is -1.73. The Balaban J connectivity index is 1.82. The van der Waals surface area contributed by atoms with Crippen LogP contribution >= 0.6 is 0 Å². The van der Waals surface area contributed by atoms with Crippen LogP contribution in [0.2, 0.25) is 0 Å². The first-order valence-corrected chi connectivity index (χ1v) is 9.42. The van der Waals surface area contributed by atoms with E-state index in [0.29, 0.717) is 16.6 Å². The monoisotopic (exact) mass is 431 g/mol. The fraction of sp³-hybridized carbons (Fsp3) is 0.421. The van der Waals surface area contributed by atoms with Gasteiger partial charge in [0.25, 0.3) is 5.91 Å². The van der Waals surface area contributed by atoms with Crippen molar-refractivity contribution in [1.29, 1.82) is 0 Å². The van der Waals surface area contributed by atoms with E-state index >= 15 is 0 Å². The molecule has 12 nitrogen and oxygen atoms in total. The number of hydrogen-bond acceptors (Lipinski definition) is 10. The van der Waals surface area contributed by atoms with Crippen LogP contribution in [0, 0.1) is 0 Å². The van der Waals surface area contributed by atoms with E-state index in [1.807, 2.05) is 0 Å². The van der Waals surface area contributed by atoms with E-state index in [2.05, 4.69) is 15.3 Å². The van der Waals surface area contributed by atoms with Gasteiger partial charge in [-0.15, -0.1) is 0 Å². The van der Waals surface area contributed by atoms with Gasteiger partial charge in [0.2, 0.25) is 0 Å². The molecule has 0 aliphatic carbocycles. The lowest BCUT2D eigenvalue weighted by molar-refractivity contribution is -0.162. The molecule has 2 aromatic rings. The summed E-state index contributed by atoms with van der Waals surface area (Å²) in [7, 11) is 0. The predicted molar refractivity (Wildman–Crippen MR) is 105 cm³/mol. The summed E-state index contributed by atoms with van der Waals surface area (Å²) in [6, 6.07) is 0. The third kappa shape index (κ3) is 3.49. The number of rotatable bonds is 4. The first kappa shape index (κ1) is 20.8. The first-order valence-electron chi connectivity index (χ1n) is 9.42. The molecule has 2 aliphatic heterocycles. The normalized spacial score (nSPS) is 27.4. The molecule has 31 heavy (non-hydrogen) atoms. The standard InChI is InChI=1S/C19H21N5O7/c1-8(25)29-6-12-15(30-9(2)26)19(3,28)18(31-12)24-5-10-11(20)4-13(27)23-16-14(10)17(24)22-7-21-16/h4-5,7,12,15,18,28H,6,20H2,1-3H3,(H,21,22,23,27)/t12-,15-,18-,19?/m1/s1. The zero-order valence-electron chi connectivity index (χ0n) is 17.0. The second-order valence-corrected chi connectivity index (χ2v) is 7.55. The number of ether oxygens (including phenoxy) is 3. The number of nitrogens with zero attached hydrogens (tertiary/aromatic N) is 3. The highest BCUT2D eigenvalue weighted by Gasteiger charge is 2.56. The zero-order chi connectivity index (χ0) is 22.5. The van der Waals surface area contributed by atoms with Crippen molar-refractivity contribution < 1.29 is 33.7 Å². The molecule has 4 heterocycles. The number of carbonyl (C=O) groups excluding carboxylic acids is 3. The van der Waals surface area contributed by atoms with E-state index in [1.54, 1.807) is 6.20 Å². The summed E-state index contributed by atoms with van der Waals surface area (Å²) in [5.74, 6) is -1.35. The number of carbonyl (C=O) groups is 3. The van der Waals surface area contributed by atoms with Crippen LogP contribution in [0.15, 0.2) is 18.6 Å². The second-order valence-electron chi connectivity index (χ2n) is 7.55. The lowest BCUT2D eigenvalue weighted by Crippen LogP contribution is -2.47. The molecule has 0 saturated carbocycles. The number of nitrogens with one attached hydrogen (secondary N) is 1. The van der Waals surface area contributed by atoms with Crippen molar-refractivity contribution in [3.63, 3.8) is 0 Å². The van der Waals surface area contributed by atoms with Gasteiger partial charge in [-0.2, -0.15) is 0 Å². The van der Waals surface area contributed by atoms with Gasteiger partial charge >= 0.3 is 11.9 Å². The van der Waals surface area contributed by atoms with Gasteiger partial charge in [-0.25, -0.2) is 9.97 Å². The van der Waals surface area contributed by atoms with Crippen LogP contribution in [0.25, 0.3) is 16.7 Å². The Labute approximate surface area is 176 Å². The molecular formula is C19H21N5O7. The lowest BCUT2D eigenvalue weighted by atomic mass is 9.96. The Bertz CT molecular complexity index is 1120. The number of amides is 1. The molecular weight excluding hydrogens is 410 g/mol. The Hall–Kier alpha value is -3.51. The summed E-state index contributed by atoms with van der Waals surface area (Å²) in [4.78, 5) is 43.3. The third-order valence-electron chi connectivity index (χ3n) is 5.16. The van der Waals surface area contributed by atoms with E-state index < -0.39 is 41.9 Å². The summed E-state index contributed by atoms with van der Waals surface area (Å²) in [5, 5.41) is 14.4. The first-order chi connectivity index (χ1) is 14.6. The minimum absolute atomic E-state index is 0.181. The van der Waals surface area contributed by atoms with E-state index in [0.717, 1.165) is 0 Å². The molecule has 12 heteroatoms. The van der Waals surface area contributed by atoms with Crippen molar-refractivity contribution in [2.75, 3.05) is 11.9 Å². The van der Waals surface area contributed by atoms with E-state index in [9.17, 15) is 19.5 Å². The number of hydrogen-bond donors (Lipinski definition) is 3. The van der Waals surface area contributed by atoms with Gasteiger partial charge in [-0.3, -0.25) is 14.4 Å². The van der Waals surface area contributed by atoms with Crippen molar-refractivity contribution in [1.82, 2.24) is 14.5 Å². The predicted octanol–water partition coefficient (Wildman–Crippen LogP) is -0.174. The lowest BCUT2D eigenvalue weighted by Gasteiger charge is -2.30. The summed E-state index contributed by atoms with van der Waals surface area (Å²) >= 11 is 0. The molecule has 0 aromatic carbocycles. The van der Waals surface area contributed by atoms with Crippen LogP contribution in [0.3, 0.4) is 0 Å². The second kappa shape index (κ2) is 7.32. The molecule has 0 radical (unpaired) electrons. The number of aliphatic hydroxyl groups is 1. The van der Waals surface area contributed by atoms with Crippen molar-refractivity contribution in [2.24, 2.45) is 5.73 Å². The topological polar surface area (TPSA) is 168 Å². The number of esters is 2. The van der Waals surface area contributed by atoms with Crippen LogP contribution < -0.4 is 11.1 Å². The average Bonchev–Trinajstić information content (AvgIpc) is 3.12. The van der Waals surface area contributed by atoms with Gasteiger partial charge in [0, 0.05) is 37.4 Å². The Morgan fingerprint density at radius 2 is 2.10 bits per heavy atom. The Kier molecular flexibility index (Phi) is 4.90. The van der Waals surface area contributed by atoms with Crippen LogP contribution in [-0.2, 0) is 28.6 Å². The molecule has 1 saturated heterocycles. The largest absolute Gasteiger partial charge is 0.463 e.